The van der Waals surface area contributed by atoms with E-state index in [2.05, 4.69) is 42.7 Å². The van der Waals surface area contributed by atoms with Crippen molar-refractivity contribution >= 4 is 5.69 Å². The Balaban J connectivity index is 1.69. The monoisotopic (exact) mass is 246 g/mol. The van der Waals surface area contributed by atoms with Crippen LogP contribution in [0.3, 0.4) is 0 Å². The van der Waals surface area contributed by atoms with Crippen molar-refractivity contribution in [3.8, 4) is 0 Å². The van der Waals surface area contributed by atoms with Gasteiger partial charge in [0.2, 0.25) is 0 Å². The Bertz CT molecular complexity index is 367. The maximum Gasteiger partial charge on any atom is 0.0372 e. The number of anilines is 1. The van der Waals surface area contributed by atoms with Crippen LogP contribution in [0.25, 0.3) is 0 Å². The van der Waals surface area contributed by atoms with Gasteiger partial charge in [-0.2, -0.15) is 0 Å². The van der Waals surface area contributed by atoms with Gasteiger partial charge in [0, 0.05) is 24.8 Å². The first kappa shape index (κ1) is 13.4. The van der Waals surface area contributed by atoms with Crippen LogP contribution < -0.4 is 10.6 Å². The molecule has 1 aliphatic rings. The second-order valence-electron chi connectivity index (χ2n) is 5.53. The Morgan fingerprint density at radius 3 is 2.61 bits per heavy atom. The Kier molecular flexibility index (Phi) is 5.06. The van der Waals surface area contributed by atoms with Crippen LogP contribution in [0.15, 0.2) is 18.2 Å². The average molecular weight is 246 g/mol. The number of nitrogens with one attached hydrogen (secondary N) is 2. The van der Waals surface area contributed by atoms with E-state index >= 15 is 0 Å². The minimum absolute atomic E-state index is 0.763. The molecular weight excluding hydrogens is 220 g/mol. The molecule has 2 nitrogen and oxygen atoms in total. The number of benzene rings is 1. The van der Waals surface area contributed by atoms with E-state index in [1.165, 1.54) is 48.9 Å². The van der Waals surface area contributed by atoms with Crippen LogP contribution >= 0.6 is 0 Å². The molecule has 2 heteroatoms. The second kappa shape index (κ2) is 6.79. The molecule has 0 unspecified atom stereocenters. The summed E-state index contributed by atoms with van der Waals surface area (Å²) in [5, 5.41) is 7.19. The molecule has 100 valence electrons. The van der Waals surface area contributed by atoms with Gasteiger partial charge in [-0.3, -0.25) is 0 Å². The smallest absolute Gasteiger partial charge is 0.0372 e. The molecule has 0 amide bonds. The van der Waals surface area contributed by atoms with Gasteiger partial charge in [0.25, 0.3) is 0 Å². The first-order valence-corrected chi connectivity index (χ1v) is 7.30. The third-order valence-electron chi connectivity index (χ3n) is 3.87. The van der Waals surface area contributed by atoms with Gasteiger partial charge in [-0.1, -0.05) is 31.4 Å². The summed E-state index contributed by atoms with van der Waals surface area (Å²) in [6, 6.07) is 7.35. The van der Waals surface area contributed by atoms with Crippen LogP contribution in [0.1, 0.15) is 43.2 Å². The lowest BCUT2D eigenvalue weighted by atomic mass is 9.95. The van der Waals surface area contributed by atoms with Crippen LogP contribution in [-0.2, 0) is 0 Å². The minimum atomic E-state index is 0.763. The Morgan fingerprint density at radius 2 is 1.83 bits per heavy atom. The third kappa shape index (κ3) is 4.02. The maximum absolute atomic E-state index is 3.66. The molecule has 0 spiro atoms. The SMILES string of the molecule is Cc1ccc(C)c(NCCNC2CCCCC2)c1. The highest BCUT2D eigenvalue weighted by Gasteiger charge is 2.11. The van der Waals surface area contributed by atoms with E-state index in [0.29, 0.717) is 0 Å². The highest BCUT2D eigenvalue weighted by atomic mass is 15.0. The summed E-state index contributed by atoms with van der Waals surface area (Å²) in [5.74, 6) is 0. The molecule has 1 aliphatic carbocycles. The largest absolute Gasteiger partial charge is 0.384 e. The van der Waals surface area contributed by atoms with Gasteiger partial charge >= 0.3 is 0 Å². The van der Waals surface area contributed by atoms with Gasteiger partial charge in [-0.15, -0.1) is 0 Å². The fourth-order valence-corrected chi connectivity index (χ4v) is 2.71. The number of hydrogen-bond acceptors (Lipinski definition) is 2. The zero-order valence-corrected chi connectivity index (χ0v) is 11.8. The summed E-state index contributed by atoms with van der Waals surface area (Å²) in [4.78, 5) is 0. The summed E-state index contributed by atoms with van der Waals surface area (Å²) in [6.45, 7) is 6.39. The summed E-state index contributed by atoms with van der Waals surface area (Å²) in [6.07, 6.45) is 6.97. The normalized spacial score (nSPS) is 16.8. The molecule has 1 saturated carbocycles. The molecular formula is C16H26N2. The first-order valence-electron chi connectivity index (χ1n) is 7.30. The molecule has 18 heavy (non-hydrogen) atoms. The highest BCUT2D eigenvalue weighted by molar-refractivity contribution is 5.52. The zero-order valence-electron chi connectivity index (χ0n) is 11.8. The summed E-state index contributed by atoms with van der Waals surface area (Å²) in [7, 11) is 0. The molecule has 2 N–H and O–H groups in total. The van der Waals surface area contributed by atoms with E-state index in [1.807, 2.05) is 0 Å². The van der Waals surface area contributed by atoms with Crippen molar-refractivity contribution in [1.29, 1.82) is 0 Å². The molecule has 0 bridgehead atoms. The molecule has 0 atom stereocenters. The standard InChI is InChI=1S/C16H26N2/c1-13-8-9-14(2)16(12-13)18-11-10-17-15-6-4-3-5-7-15/h8-9,12,15,17-18H,3-7,10-11H2,1-2H3. The van der Waals surface area contributed by atoms with Crippen molar-refractivity contribution in [2.24, 2.45) is 0 Å². The summed E-state index contributed by atoms with van der Waals surface area (Å²) < 4.78 is 0. The van der Waals surface area contributed by atoms with Crippen molar-refractivity contribution in [1.82, 2.24) is 5.32 Å². The van der Waals surface area contributed by atoms with E-state index in [9.17, 15) is 0 Å². The minimum Gasteiger partial charge on any atom is -0.384 e. The van der Waals surface area contributed by atoms with Gasteiger partial charge in [0.05, 0.1) is 0 Å². The quantitative estimate of drug-likeness (QED) is 0.775. The topological polar surface area (TPSA) is 24.1 Å². The summed E-state index contributed by atoms with van der Waals surface area (Å²) >= 11 is 0. The van der Waals surface area contributed by atoms with Crippen molar-refractivity contribution in [2.45, 2.75) is 52.0 Å². The van der Waals surface area contributed by atoms with E-state index in [0.717, 1.165) is 19.1 Å². The molecule has 1 fully saturated rings. The van der Waals surface area contributed by atoms with Gasteiger partial charge in [0.15, 0.2) is 0 Å². The Morgan fingerprint density at radius 1 is 1.06 bits per heavy atom. The maximum atomic E-state index is 3.66. The molecule has 0 aromatic heterocycles. The number of rotatable bonds is 5. The lowest BCUT2D eigenvalue weighted by Gasteiger charge is -2.23. The van der Waals surface area contributed by atoms with E-state index in [1.54, 1.807) is 0 Å². The van der Waals surface area contributed by atoms with Crippen molar-refractivity contribution in [3.05, 3.63) is 29.3 Å². The van der Waals surface area contributed by atoms with Crippen LogP contribution in [0.4, 0.5) is 5.69 Å². The van der Waals surface area contributed by atoms with Crippen molar-refractivity contribution in [2.75, 3.05) is 18.4 Å². The lowest BCUT2D eigenvalue weighted by Crippen LogP contribution is -2.34. The number of hydrogen-bond donors (Lipinski definition) is 2. The van der Waals surface area contributed by atoms with Gasteiger partial charge in [0.1, 0.15) is 0 Å². The van der Waals surface area contributed by atoms with Gasteiger partial charge < -0.3 is 10.6 Å². The van der Waals surface area contributed by atoms with Gasteiger partial charge in [-0.05, 0) is 43.9 Å². The highest BCUT2D eigenvalue weighted by Crippen LogP contribution is 2.17. The van der Waals surface area contributed by atoms with Crippen LogP contribution in [0, 0.1) is 13.8 Å². The van der Waals surface area contributed by atoms with Crippen LogP contribution in [0.5, 0.6) is 0 Å². The molecule has 0 heterocycles. The zero-order chi connectivity index (χ0) is 12.8. The van der Waals surface area contributed by atoms with Crippen molar-refractivity contribution in [3.63, 3.8) is 0 Å². The Labute approximate surface area is 111 Å². The fraction of sp³-hybridized carbons (Fsp3) is 0.625. The van der Waals surface area contributed by atoms with Crippen LogP contribution in [0.2, 0.25) is 0 Å². The second-order valence-corrected chi connectivity index (χ2v) is 5.53. The predicted octanol–water partition coefficient (Wildman–Crippen LogP) is 3.64. The van der Waals surface area contributed by atoms with Crippen molar-refractivity contribution < 1.29 is 0 Å². The molecule has 0 saturated heterocycles. The number of aryl methyl sites for hydroxylation is 2. The van der Waals surface area contributed by atoms with Crippen LogP contribution in [-0.4, -0.2) is 19.1 Å². The van der Waals surface area contributed by atoms with E-state index in [4.69, 9.17) is 0 Å². The third-order valence-corrected chi connectivity index (χ3v) is 3.87. The lowest BCUT2D eigenvalue weighted by molar-refractivity contribution is 0.378. The van der Waals surface area contributed by atoms with Gasteiger partial charge in [-0.25, -0.2) is 0 Å². The Hall–Kier alpha value is -1.02. The molecule has 2 rings (SSSR count). The molecule has 0 radical (unpaired) electrons. The molecule has 0 aliphatic heterocycles. The molecule has 1 aromatic carbocycles. The van der Waals surface area contributed by atoms with E-state index < -0.39 is 0 Å². The fourth-order valence-electron chi connectivity index (χ4n) is 2.71. The first-order chi connectivity index (χ1) is 8.75. The predicted molar refractivity (Wildman–Crippen MR) is 79.3 cm³/mol. The molecule has 1 aromatic rings. The average Bonchev–Trinajstić information content (AvgIpc) is 2.40. The summed E-state index contributed by atoms with van der Waals surface area (Å²) in [5.41, 5.74) is 3.93. The van der Waals surface area contributed by atoms with E-state index in [-0.39, 0.29) is 0 Å².